The number of terminal acetylenes is 1. The summed E-state index contributed by atoms with van der Waals surface area (Å²) in [5, 5.41) is 0. The lowest BCUT2D eigenvalue weighted by molar-refractivity contribution is -0.127. The monoisotopic (exact) mass is 380 g/mol. The predicted octanol–water partition coefficient (Wildman–Crippen LogP) is 2.61. The Bertz CT molecular complexity index is 1120. The van der Waals surface area contributed by atoms with Crippen LogP contribution in [0.4, 0.5) is 0 Å². The number of rotatable bonds is 3. The van der Waals surface area contributed by atoms with Gasteiger partial charge in [0, 0.05) is 0 Å². The van der Waals surface area contributed by atoms with Crippen molar-refractivity contribution in [2.24, 2.45) is 4.99 Å². The molecule has 136 valence electrons. The third-order valence-electron chi connectivity index (χ3n) is 4.12. The Morgan fingerprint density at radius 2 is 2.15 bits per heavy atom. The lowest BCUT2D eigenvalue weighted by Crippen LogP contribution is -2.36. The van der Waals surface area contributed by atoms with Gasteiger partial charge in [-0.1, -0.05) is 35.5 Å². The van der Waals surface area contributed by atoms with E-state index in [0.717, 1.165) is 10.2 Å². The largest absolute Gasteiger partial charge is 0.495 e. The normalized spacial score (nSPS) is 16.1. The number of amides is 1. The second-order valence-corrected chi connectivity index (χ2v) is 6.81. The zero-order valence-electron chi connectivity index (χ0n) is 14.5. The molecule has 4 rings (SSSR count). The molecular formula is C20H16N2O4S. The van der Waals surface area contributed by atoms with Crippen molar-refractivity contribution in [2.45, 2.75) is 12.6 Å². The predicted molar refractivity (Wildman–Crippen MR) is 102 cm³/mol. The summed E-state index contributed by atoms with van der Waals surface area (Å²) in [7, 11) is 1.60. The number of para-hydroxylation sites is 3. The van der Waals surface area contributed by atoms with E-state index < -0.39 is 12.0 Å². The van der Waals surface area contributed by atoms with Crippen LogP contribution >= 0.6 is 11.3 Å². The molecule has 0 bridgehead atoms. The number of hydrogen-bond acceptors (Lipinski definition) is 5. The first-order chi connectivity index (χ1) is 13.2. The van der Waals surface area contributed by atoms with E-state index in [1.807, 2.05) is 30.3 Å². The van der Waals surface area contributed by atoms with E-state index in [2.05, 4.69) is 10.9 Å². The number of carbonyl (C=O) groups is 1. The number of hydrogen-bond donors (Lipinski definition) is 0. The van der Waals surface area contributed by atoms with Crippen LogP contribution < -0.4 is 19.0 Å². The van der Waals surface area contributed by atoms with Crippen molar-refractivity contribution in [3.8, 4) is 29.6 Å². The van der Waals surface area contributed by atoms with Crippen molar-refractivity contribution in [3.63, 3.8) is 0 Å². The Morgan fingerprint density at radius 3 is 2.93 bits per heavy atom. The van der Waals surface area contributed by atoms with E-state index in [4.69, 9.17) is 20.6 Å². The van der Waals surface area contributed by atoms with Gasteiger partial charge in [0.25, 0.3) is 5.91 Å². The smallest absolute Gasteiger partial charge is 0.292 e. The Hall–Kier alpha value is -3.24. The van der Waals surface area contributed by atoms with Gasteiger partial charge in [0.15, 0.2) is 16.3 Å². The van der Waals surface area contributed by atoms with Crippen molar-refractivity contribution in [3.05, 3.63) is 47.3 Å². The number of carbonyl (C=O) groups excluding carboxylic acids is 1. The molecule has 2 heterocycles. The van der Waals surface area contributed by atoms with Crippen molar-refractivity contribution in [1.82, 2.24) is 4.57 Å². The molecule has 6 nitrogen and oxygen atoms in total. The summed E-state index contributed by atoms with van der Waals surface area (Å²) in [6, 6.07) is 12.9. The highest BCUT2D eigenvalue weighted by atomic mass is 32.1. The van der Waals surface area contributed by atoms with Crippen LogP contribution in [-0.2, 0) is 11.3 Å². The van der Waals surface area contributed by atoms with E-state index in [1.54, 1.807) is 23.8 Å². The van der Waals surface area contributed by atoms with Crippen LogP contribution in [0.25, 0.3) is 10.2 Å². The van der Waals surface area contributed by atoms with Gasteiger partial charge >= 0.3 is 0 Å². The topological polar surface area (TPSA) is 62.1 Å². The average molecular weight is 380 g/mol. The van der Waals surface area contributed by atoms with Gasteiger partial charge in [-0.15, -0.1) is 6.42 Å². The van der Waals surface area contributed by atoms with Gasteiger partial charge < -0.3 is 18.8 Å². The molecule has 1 aliphatic rings. The molecule has 1 amide bonds. The molecule has 0 saturated carbocycles. The van der Waals surface area contributed by atoms with Gasteiger partial charge in [-0.05, 0) is 24.3 Å². The molecule has 0 N–H and O–H groups in total. The fourth-order valence-electron chi connectivity index (χ4n) is 2.89. The maximum atomic E-state index is 12.7. The SMILES string of the molecule is C#CCn1c(=NC(=O)[C@H]2COc3ccccc3O2)sc2cccc(OC)c21. The molecule has 3 aromatic rings. The molecule has 0 unspecified atom stereocenters. The molecule has 7 heteroatoms. The number of methoxy groups -OCH3 is 1. The minimum atomic E-state index is -0.800. The zero-order valence-corrected chi connectivity index (χ0v) is 15.4. The third kappa shape index (κ3) is 3.15. The summed E-state index contributed by atoms with van der Waals surface area (Å²) >= 11 is 1.37. The number of fused-ring (bicyclic) bond motifs is 2. The van der Waals surface area contributed by atoms with Gasteiger partial charge in [0.1, 0.15) is 17.9 Å². The van der Waals surface area contributed by atoms with Crippen LogP contribution in [0.1, 0.15) is 0 Å². The average Bonchev–Trinajstić information content (AvgIpc) is 3.05. The summed E-state index contributed by atoms with van der Waals surface area (Å²) in [4.78, 5) is 17.5. The summed E-state index contributed by atoms with van der Waals surface area (Å²) in [6.07, 6.45) is 4.72. The summed E-state index contributed by atoms with van der Waals surface area (Å²) in [5.41, 5.74) is 0.820. The second kappa shape index (κ2) is 7.17. The molecule has 1 atom stereocenters. The maximum absolute atomic E-state index is 12.7. The maximum Gasteiger partial charge on any atom is 0.292 e. The molecule has 2 aromatic carbocycles. The van der Waals surface area contributed by atoms with Crippen LogP contribution in [0.15, 0.2) is 47.5 Å². The standard InChI is InChI=1S/C20H16N2O4S/c1-3-11-22-18-15(24-2)9-6-10-17(18)27-20(22)21-19(23)16-12-25-13-7-4-5-8-14(13)26-16/h1,4-10,16H,11-12H2,2H3/t16-/m1/s1. The summed E-state index contributed by atoms with van der Waals surface area (Å²) < 4.78 is 19.5. The van der Waals surface area contributed by atoms with Gasteiger partial charge in [-0.2, -0.15) is 4.99 Å². The van der Waals surface area contributed by atoms with Gasteiger partial charge in [0.05, 0.1) is 18.4 Å². The van der Waals surface area contributed by atoms with Gasteiger partial charge in [-0.3, -0.25) is 4.79 Å². The number of benzene rings is 2. The number of thiazole rings is 1. The first-order valence-electron chi connectivity index (χ1n) is 8.28. The fraction of sp³-hybridized carbons (Fsp3) is 0.200. The number of nitrogens with zero attached hydrogens (tertiary/aromatic N) is 2. The van der Waals surface area contributed by atoms with Crippen LogP contribution in [0, 0.1) is 12.3 Å². The highest BCUT2D eigenvalue weighted by molar-refractivity contribution is 7.16. The second-order valence-electron chi connectivity index (χ2n) is 5.80. The van der Waals surface area contributed by atoms with Crippen molar-refractivity contribution in [1.29, 1.82) is 0 Å². The Kier molecular flexibility index (Phi) is 4.57. The van der Waals surface area contributed by atoms with Crippen LogP contribution in [-0.4, -0.2) is 30.3 Å². The molecule has 0 aliphatic carbocycles. The van der Waals surface area contributed by atoms with E-state index in [1.165, 1.54) is 11.3 Å². The molecule has 1 aromatic heterocycles. The zero-order chi connectivity index (χ0) is 18.8. The molecule has 0 spiro atoms. The first-order valence-corrected chi connectivity index (χ1v) is 9.10. The van der Waals surface area contributed by atoms with Crippen LogP contribution in [0.3, 0.4) is 0 Å². The first kappa shape index (κ1) is 17.2. The lowest BCUT2D eigenvalue weighted by Gasteiger charge is -2.23. The van der Waals surface area contributed by atoms with E-state index in [-0.39, 0.29) is 13.2 Å². The fourth-order valence-corrected chi connectivity index (χ4v) is 3.95. The van der Waals surface area contributed by atoms with E-state index >= 15 is 0 Å². The van der Waals surface area contributed by atoms with Gasteiger partial charge in [0.2, 0.25) is 6.10 Å². The molecule has 27 heavy (non-hydrogen) atoms. The minimum Gasteiger partial charge on any atom is -0.495 e. The highest BCUT2D eigenvalue weighted by Gasteiger charge is 2.27. The van der Waals surface area contributed by atoms with Crippen molar-refractivity contribution < 1.29 is 19.0 Å². The Morgan fingerprint density at radius 1 is 1.33 bits per heavy atom. The lowest BCUT2D eigenvalue weighted by atomic mass is 10.2. The van der Waals surface area contributed by atoms with E-state index in [0.29, 0.717) is 22.0 Å². The molecule has 0 fully saturated rings. The minimum absolute atomic E-state index is 0.114. The van der Waals surface area contributed by atoms with Crippen molar-refractivity contribution in [2.75, 3.05) is 13.7 Å². The van der Waals surface area contributed by atoms with Gasteiger partial charge in [-0.25, -0.2) is 0 Å². The Balaban J connectivity index is 1.74. The quantitative estimate of drug-likeness (QED) is 0.656. The third-order valence-corrected chi connectivity index (χ3v) is 5.17. The molecular weight excluding hydrogens is 364 g/mol. The summed E-state index contributed by atoms with van der Waals surface area (Å²) in [6.45, 7) is 0.389. The highest BCUT2D eigenvalue weighted by Crippen LogP contribution is 2.31. The molecule has 1 aliphatic heterocycles. The van der Waals surface area contributed by atoms with E-state index in [9.17, 15) is 4.79 Å². The summed E-state index contributed by atoms with van der Waals surface area (Å²) in [5.74, 6) is 4.03. The van der Waals surface area contributed by atoms with Crippen molar-refractivity contribution >= 4 is 27.5 Å². The molecule has 0 radical (unpaired) electrons. The van der Waals surface area contributed by atoms with Crippen LogP contribution in [0.2, 0.25) is 0 Å². The number of aromatic nitrogens is 1. The van der Waals surface area contributed by atoms with Crippen LogP contribution in [0.5, 0.6) is 17.2 Å². The Labute approximate surface area is 159 Å². The number of ether oxygens (including phenoxy) is 3. The molecule has 0 saturated heterocycles.